The molecule has 116 valence electrons. The molecule has 1 aromatic carbocycles. The number of carbonyl (C=O) groups is 2. The summed E-state index contributed by atoms with van der Waals surface area (Å²) in [5.74, 6) is 0.0961. The first kappa shape index (κ1) is 13.9. The Balaban J connectivity index is 1.48. The van der Waals surface area contributed by atoms with Gasteiger partial charge in [0.1, 0.15) is 0 Å². The molecule has 2 aliphatic heterocycles. The third kappa shape index (κ3) is 2.26. The van der Waals surface area contributed by atoms with Gasteiger partial charge in [-0.25, -0.2) is 0 Å². The molecule has 22 heavy (non-hydrogen) atoms. The second kappa shape index (κ2) is 5.51. The Hall–Kier alpha value is -1.68. The summed E-state index contributed by atoms with van der Waals surface area (Å²) in [4.78, 5) is 28.9. The number of rotatable bonds is 2. The minimum atomic E-state index is -0.0293. The summed E-state index contributed by atoms with van der Waals surface area (Å²) in [6.07, 6.45) is 4.97. The quantitative estimate of drug-likeness (QED) is 0.786. The third-order valence-corrected chi connectivity index (χ3v) is 5.48. The molecule has 1 saturated heterocycles. The molecule has 2 fully saturated rings. The van der Waals surface area contributed by atoms with Gasteiger partial charge in [-0.1, -0.05) is 37.1 Å². The lowest BCUT2D eigenvalue weighted by Crippen LogP contribution is -2.43. The molecule has 0 radical (unpaired) electrons. The smallest absolute Gasteiger partial charge is 0.234 e. The molecule has 0 aromatic heterocycles. The lowest BCUT2D eigenvalue weighted by molar-refractivity contribution is -0.142. The Morgan fingerprint density at radius 2 is 1.59 bits per heavy atom. The number of amides is 2. The highest BCUT2D eigenvalue weighted by Gasteiger charge is 2.48. The molecule has 4 heteroatoms. The van der Waals surface area contributed by atoms with Crippen molar-refractivity contribution in [3.63, 3.8) is 0 Å². The van der Waals surface area contributed by atoms with Gasteiger partial charge in [-0.15, -0.1) is 0 Å². The zero-order valence-electron chi connectivity index (χ0n) is 12.8. The average Bonchev–Trinajstić information content (AvgIpc) is 2.80. The zero-order chi connectivity index (χ0) is 15.1. The number of imide groups is 1. The van der Waals surface area contributed by atoms with Gasteiger partial charge in [-0.3, -0.25) is 19.4 Å². The Bertz CT molecular complexity index is 589. The summed E-state index contributed by atoms with van der Waals surface area (Å²) in [5.41, 5.74) is 2.72. The fourth-order valence-corrected chi connectivity index (χ4v) is 4.25. The van der Waals surface area contributed by atoms with Gasteiger partial charge in [0.25, 0.3) is 0 Å². The summed E-state index contributed by atoms with van der Waals surface area (Å²) in [6.45, 7) is 2.23. The normalized spacial score (nSPS) is 28.6. The Morgan fingerprint density at radius 3 is 2.27 bits per heavy atom. The lowest BCUT2D eigenvalue weighted by atomic mass is 9.81. The van der Waals surface area contributed by atoms with E-state index in [0.29, 0.717) is 6.67 Å². The van der Waals surface area contributed by atoms with Gasteiger partial charge < -0.3 is 0 Å². The van der Waals surface area contributed by atoms with E-state index in [9.17, 15) is 9.59 Å². The molecule has 1 aliphatic carbocycles. The van der Waals surface area contributed by atoms with Gasteiger partial charge in [0.05, 0.1) is 18.5 Å². The maximum absolute atomic E-state index is 12.5. The first-order valence-corrected chi connectivity index (χ1v) is 8.38. The summed E-state index contributed by atoms with van der Waals surface area (Å²) in [5, 5.41) is 0. The van der Waals surface area contributed by atoms with Crippen molar-refractivity contribution in [2.45, 2.75) is 38.6 Å². The minimum Gasteiger partial charge on any atom is -0.281 e. The van der Waals surface area contributed by atoms with E-state index in [1.165, 1.54) is 16.0 Å². The van der Waals surface area contributed by atoms with Crippen LogP contribution in [0.4, 0.5) is 0 Å². The molecule has 1 saturated carbocycles. The van der Waals surface area contributed by atoms with Gasteiger partial charge in [-0.05, 0) is 30.4 Å². The maximum atomic E-state index is 12.5. The van der Waals surface area contributed by atoms with Gasteiger partial charge in [-0.2, -0.15) is 0 Å². The van der Waals surface area contributed by atoms with Gasteiger partial charge in [0, 0.05) is 13.1 Å². The SMILES string of the molecule is O=C1[C@H]2CCCC[C@H]2C(=O)N1CN1CCc2ccccc2C1. The molecule has 2 amide bonds. The highest BCUT2D eigenvalue weighted by atomic mass is 16.2. The zero-order valence-corrected chi connectivity index (χ0v) is 12.8. The Labute approximate surface area is 131 Å². The second-order valence-corrected chi connectivity index (χ2v) is 6.81. The van der Waals surface area contributed by atoms with Crippen molar-refractivity contribution in [3.05, 3.63) is 35.4 Å². The topological polar surface area (TPSA) is 40.6 Å². The van der Waals surface area contributed by atoms with Crippen LogP contribution in [0.1, 0.15) is 36.8 Å². The van der Waals surface area contributed by atoms with Crippen molar-refractivity contribution < 1.29 is 9.59 Å². The third-order valence-electron chi connectivity index (χ3n) is 5.48. The van der Waals surface area contributed by atoms with Crippen LogP contribution in [-0.2, 0) is 22.6 Å². The first-order chi connectivity index (χ1) is 10.7. The average molecular weight is 298 g/mol. The van der Waals surface area contributed by atoms with Gasteiger partial charge in [0.2, 0.25) is 11.8 Å². The number of hydrogen-bond acceptors (Lipinski definition) is 3. The standard InChI is InChI=1S/C18H22N2O2/c21-17-15-7-3-4-8-16(15)18(22)20(17)12-19-10-9-13-5-1-2-6-14(13)11-19/h1-2,5-6,15-16H,3-4,7-12H2/t15-,16+. The van der Waals surface area contributed by atoms with Crippen molar-refractivity contribution in [2.24, 2.45) is 11.8 Å². The predicted octanol–water partition coefficient (Wildman–Crippen LogP) is 2.18. The molecule has 3 aliphatic rings. The summed E-state index contributed by atoms with van der Waals surface area (Å²) >= 11 is 0. The highest BCUT2D eigenvalue weighted by molar-refractivity contribution is 6.05. The largest absolute Gasteiger partial charge is 0.281 e. The molecule has 0 bridgehead atoms. The van der Waals surface area contributed by atoms with Crippen LogP contribution in [0.25, 0.3) is 0 Å². The van der Waals surface area contributed by atoms with Crippen LogP contribution < -0.4 is 0 Å². The molecule has 0 unspecified atom stereocenters. The van der Waals surface area contributed by atoms with Crippen LogP contribution in [-0.4, -0.2) is 34.8 Å². The van der Waals surface area contributed by atoms with E-state index in [2.05, 4.69) is 29.2 Å². The molecule has 2 heterocycles. The maximum Gasteiger partial charge on any atom is 0.234 e. The molecule has 0 spiro atoms. The molecule has 0 N–H and O–H groups in total. The fraction of sp³-hybridized carbons (Fsp3) is 0.556. The van der Waals surface area contributed by atoms with Crippen LogP contribution in [0.5, 0.6) is 0 Å². The van der Waals surface area contributed by atoms with Crippen molar-refractivity contribution in [1.82, 2.24) is 9.80 Å². The first-order valence-electron chi connectivity index (χ1n) is 8.38. The number of benzene rings is 1. The summed E-state index contributed by atoms with van der Waals surface area (Å²) in [7, 11) is 0. The molecular weight excluding hydrogens is 276 g/mol. The number of fused-ring (bicyclic) bond motifs is 2. The van der Waals surface area contributed by atoms with Crippen LogP contribution in [0.2, 0.25) is 0 Å². The summed E-state index contributed by atoms with van der Waals surface area (Å²) < 4.78 is 0. The second-order valence-electron chi connectivity index (χ2n) is 6.81. The van der Waals surface area contributed by atoms with E-state index in [1.54, 1.807) is 0 Å². The van der Waals surface area contributed by atoms with Crippen molar-refractivity contribution >= 4 is 11.8 Å². The van der Waals surface area contributed by atoms with Crippen LogP contribution in [0.15, 0.2) is 24.3 Å². The van der Waals surface area contributed by atoms with Crippen LogP contribution >= 0.6 is 0 Å². The Morgan fingerprint density at radius 1 is 0.955 bits per heavy atom. The number of nitrogens with zero attached hydrogens (tertiary/aromatic N) is 2. The molecule has 2 atom stereocenters. The number of carbonyl (C=O) groups excluding carboxylic acids is 2. The van der Waals surface area contributed by atoms with E-state index in [-0.39, 0.29) is 23.7 Å². The van der Waals surface area contributed by atoms with Gasteiger partial charge in [0.15, 0.2) is 0 Å². The van der Waals surface area contributed by atoms with Crippen LogP contribution in [0, 0.1) is 11.8 Å². The molecule has 4 nitrogen and oxygen atoms in total. The molecular formula is C18H22N2O2. The van der Waals surface area contributed by atoms with Crippen molar-refractivity contribution in [1.29, 1.82) is 0 Å². The summed E-state index contributed by atoms with van der Waals surface area (Å²) in [6, 6.07) is 8.46. The fourth-order valence-electron chi connectivity index (χ4n) is 4.25. The molecule has 4 rings (SSSR count). The van der Waals surface area contributed by atoms with E-state index in [1.807, 2.05) is 0 Å². The number of hydrogen-bond donors (Lipinski definition) is 0. The van der Waals surface area contributed by atoms with Gasteiger partial charge >= 0.3 is 0 Å². The monoisotopic (exact) mass is 298 g/mol. The highest BCUT2D eigenvalue weighted by Crippen LogP contribution is 2.38. The predicted molar refractivity (Wildman–Crippen MR) is 82.7 cm³/mol. The van der Waals surface area contributed by atoms with E-state index in [4.69, 9.17) is 0 Å². The van der Waals surface area contributed by atoms with Crippen LogP contribution in [0.3, 0.4) is 0 Å². The van der Waals surface area contributed by atoms with Crippen molar-refractivity contribution in [3.8, 4) is 0 Å². The Kier molecular flexibility index (Phi) is 3.49. The number of likely N-dealkylation sites (tertiary alicyclic amines) is 1. The van der Waals surface area contributed by atoms with Crippen molar-refractivity contribution in [2.75, 3.05) is 13.2 Å². The van der Waals surface area contributed by atoms with E-state index >= 15 is 0 Å². The minimum absolute atomic E-state index is 0.0293. The van der Waals surface area contributed by atoms with E-state index in [0.717, 1.165) is 45.2 Å². The van der Waals surface area contributed by atoms with E-state index < -0.39 is 0 Å². The lowest BCUT2D eigenvalue weighted by Gasteiger charge is -2.31. The molecule has 1 aromatic rings.